The van der Waals surface area contributed by atoms with Crippen LogP contribution in [-0.2, 0) is 0 Å². The van der Waals surface area contributed by atoms with Crippen molar-refractivity contribution in [1.82, 2.24) is 5.32 Å². The third kappa shape index (κ3) is 3.67. The zero-order valence-electron chi connectivity index (χ0n) is 11.5. The second kappa shape index (κ2) is 6.14. The zero-order valence-corrected chi connectivity index (χ0v) is 11.5. The number of rotatable bonds is 4. The van der Waals surface area contributed by atoms with Gasteiger partial charge in [0.05, 0.1) is 0 Å². The molecule has 0 atom stereocenters. The number of hydrogen-bond acceptors (Lipinski definition) is 2. The number of carbonyl (C=O) groups excluding carboxylic acids is 1. The molecule has 2 heteroatoms. The Morgan fingerprint density at radius 3 is 2.39 bits per heavy atom. The minimum absolute atomic E-state index is 0.306. The summed E-state index contributed by atoms with van der Waals surface area (Å²) in [5, 5.41) is 3.36. The van der Waals surface area contributed by atoms with Crippen LogP contribution >= 0.6 is 0 Å². The van der Waals surface area contributed by atoms with Crippen LogP contribution in [-0.4, -0.2) is 18.9 Å². The van der Waals surface area contributed by atoms with Gasteiger partial charge >= 0.3 is 0 Å². The molecule has 0 aromatic heterocycles. The normalized spacial score (nSPS) is 16.8. The minimum Gasteiger partial charge on any atom is -0.317 e. The summed E-state index contributed by atoms with van der Waals surface area (Å²) in [6.45, 7) is 6.33. The summed E-state index contributed by atoms with van der Waals surface area (Å²) in [5.41, 5.74) is 3.25. The Morgan fingerprint density at radius 2 is 1.78 bits per heavy atom. The van der Waals surface area contributed by atoms with Crippen LogP contribution < -0.4 is 5.32 Å². The molecule has 1 fully saturated rings. The first kappa shape index (κ1) is 13.3. The molecule has 1 aliphatic heterocycles. The molecule has 0 unspecified atom stereocenters. The molecular weight excluding hydrogens is 222 g/mol. The highest BCUT2D eigenvalue weighted by Gasteiger charge is 2.15. The Hall–Kier alpha value is -1.15. The average Bonchev–Trinajstić information content (AvgIpc) is 2.36. The van der Waals surface area contributed by atoms with Crippen molar-refractivity contribution in [3.05, 3.63) is 34.9 Å². The number of benzene rings is 1. The van der Waals surface area contributed by atoms with Gasteiger partial charge in [-0.25, -0.2) is 0 Å². The molecule has 2 rings (SSSR count). The predicted octanol–water partition coefficient (Wildman–Crippen LogP) is 3.27. The van der Waals surface area contributed by atoms with Gasteiger partial charge in [-0.15, -0.1) is 0 Å². The fourth-order valence-electron chi connectivity index (χ4n) is 2.79. The van der Waals surface area contributed by atoms with Crippen molar-refractivity contribution in [3.8, 4) is 0 Å². The van der Waals surface area contributed by atoms with E-state index in [9.17, 15) is 4.79 Å². The lowest BCUT2D eigenvalue weighted by atomic mass is 9.91. The molecule has 0 bridgehead atoms. The van der Waals surface area contributed by atoms with Gasteiger partial charge in [-0.2, -0.15) is 0 Å². The Labute approximate surface area is 110 Å². The highest BCUT2D eigenvalue weighted by Crippen LogP contribution is 2.20. The minimum atomic E-state index is 0.306. The fourth-order valence-corrected chi connectivity index (χ4v) is 2.79. The molecular formula is C16H23NO. The van der Waals surface area contributed by atoms with Gasteiger partial charge in [0.2, 0.25) is 0 Å². The van der Waals surface area contributed by atoms with E-state index in [0.29, 0.717) is 12.2 Å². The topological polar surface area (TPSA) is 29.1 Å². The van der Waals surface area contributed by atoms with Gasteiger partial charge in [-0.3, -0.25) is 4.79 Å². The van der Waals surface area contributed by atoms with Crippen LogP contribution in [0.15, 0.2) is 18.2 Å². The molecule has 0 aliphatic carbocycles. The highest BCUT2D eigenvalue weighted by molar-refractivity contribution is 5.96. The van der Waals surface area contributed by atoms with Crippen molar-refractivity contribution in [2.45, 2.75) is 39.5 Å². The predicted molar refractivity (Wildman–Crippen MR) is 75.1 cm³/mol. The van der Waals surface area contributed by atoms with Crippen LogP contribution in [0.25, 0.3) is 0 Å². The molecule has 0 amide bonds. The maximum atomic E-state index is 12.2. The molecule has 0 radical (unpaired) electrons. The lowest BCUT2D eigenvalue weighted by molar-refractivity contribution is 0.0970. The van der Waals surface area contributed by atoms with Gasteiger partial charge < -0.3 is 5.32 Å². The number of carbonyl (C=O) groups is 1. The number of nitrogens with one attached hydrogen (secondary N) is 1. The number of piperidine rings is 1. The lowest BCUT2D eigenvalue weighted by Crippen LogP contribution is -2.28. The van der Waals surface area contributed by atoms with E-state index >= 15 is 0 Å². The van der Waals surface area contributed by atoms with Crippen LogP contribution in [0, 0.1) is 19.8 Å². The smallest absolute Gasteiger partial charge is 0.162 e. The van der Waals surface area contributed by atoms with E-state index in [2.05, 4.69) is 25.2 Å². The Kier molecular flexibility index (Phi) is 4.54. The van der Waals surface area contributed by atoms with Crippen LogP contribution in [0.4, 0.5) is 0 Å². The van der Waals surface area contributed by atoms with Crippen LogP contribution in [0.5, 0.6) is 0 Å². The van der Waals surface area contributed by atoms with Crippen molar-refractivity contribution < 1.29 is 4.79 Å². The lowest BCUT2D eigenvalue weighted by Gasteiger charge is -2.22. The summed E-state index contributed by atoms with van der Waals surface area (Å²) in [6.07, 6.45) is 4.20. The molecule has 18 heavy (non-hydrogen) atoms. The summed E-state index contributed by atoms with van der Waals surface area (Å²) in [7, 11) is 0. The second-order valence-corrected chi connectivity index (χ2v) is 5.53. The van der Waals surface area contributed by atoms with Crippen LogP contribution in [0.3, 0.4) is 0 Å². The number of aryl methyl sites for hydroxylation is 2. The molecule has 1 saturated heterocycles. The Morgan fingerprint density at radius 1 is 1.17 bits per heavy atom. The summed E-state index contributed by atoms with van der Waals surface area (Å²) >= 11 is 0. The number of Topliss-reactive ketones (excluding diaryl/α,β-unsaturated/α-hetero) is 1. The standard InChI is InChI=1S/C16H23NO/c1-12-9-13(2)11-15(10-12)16(18)4-3-14-5-7-17-8-6-14/h9-11,14,17H,3-8H2,1-2H3. The first-order valence-corrected chi connectivity index (χ1v) is 6.97. The zero-order chi connectivity index (χ0) is 13.0. The number of hydrogen-bond donors (Lipinski definition) is 1. The van der Waals surface area contributed by atoms with E-state index in [0.717, 1.165) is 31.0 Å². The maximum absolute atomic E-state index is 12.2. The van der Waals surface area contributed by atoms with E-state index in [1.165, 1.54) is 24.0 Å². The Bertz CT molecular complexity index is 399. The van der Waals surface area contributed by atoms with Gasteiger partial charge in [0.25, 0.3) is 0 Å². The average molecular weight is 245 g/mol. The third-order valence-electron chi connectivity index (χ3n) is 3.78. The van der Waals surface area contributed by atoms with E-state index in [4.69, 9.17) is 0 Å². The van der Waals surface area contributed by atoms with Crippen molar-refractivity contribution in [2.75, 3.05) is 13.1 Å². The van der Waals surface area contributed by atoms with Gasteiger partial charge in [-0.1, -0.05) is 17.2 Å². The molecule has 0 spiro atoms. The van der Waals surface area contributed by atoms with E-state index < -0.39 is 0 Å². The highest BCUT2D eigenvalue weighted by atomic mass is 16.1. The van der Waals surface area contributed by atoms with Crippen molar-refractivity contribution in [3.63, 3.8) is 0 Å². The first-order valence-electron chi connectivity index (χ1n) is 6.97. The van der Waals surface area contributed by atoms with Crippen LogP contribution in [0.1, 0.15) is 47.2 Å². The molecule has 0 saturated carbocycles. The molecule has 1 aromatic rings. The first-order chi connectivity index (χ1) is 8.65. The van der Waals surface area contributed by atoms with Crippen molar-refractivity contribution in [1.29, 1.82) is 0 Å². The molecule has 1 aliphatic rings. The fraction of sp³-hybridized carbons (Fsp3) is 0.562. The summed E-state index contributed by atoms with van der Waals surface area (Å²) < 4.78 is 0. The molecule has 1 aromatic carbocycles. The van der Waals surface area contributed by atoms with Crippen molar-refractivity contribution >= 4 is 5.78 Å². The largest absolute Gasteiger partial charge is 0.317 e. The van der Waals surface area contributed by atoms with Gasteiger partial charge in [-0.05, 0) is 64.3 Å². The van der Waals surface area contributed by atoms with Gasteiger partial charge in [0.15, 0.2) is 5.78 Å². The summed E-state index contributed by atoms with van der Waals surface area (Å²) in [4.78, 5) is 12.2. The van der Waals surface area contributed by atoms with E-state index in [1.54, 1.807) is 0 Å². The molecule has 98 valence electrons. The monoisotopic (exact) mass is 245 g/mol. The van der Waals surface area contributed by atoms with Crippen molar-refractivity contribution in [2.24, 2.45) is 5.92 Å². The van der Waals surface area contributed by atoms with Gasteiger partial charge in [0.1, 0.15) is 0 Å². The Balaban J connectivity index is 1.90. The molecule has 1 N–H and O–H groups in total. The maximum Gasteiger partial charge on any atom is 0.162 e. The SMILES string of the molecule is Cc1cc(C)cc(C(=O)CCC2CCNCC2)c1. The summed E-state index contributed by atoms with van der Waals surface area (Å²) in [5.74, 6) is 1.04. The van der Waals surface area contributed by atoms with E-state index in [1.807, 2.05) is 12.1 Å². The third-order valence-corrected chi connectivity index (χ3v) is 3.78. The second-order valence-electron chi connectivity index (χ2n) is 5.53. The van der Waals surface area contributed by atoms with Crippen LogP contribution in [0.2, 0.25) is 0 Å². The van der Waals surface area contributed by atoms with E-state index in [-0.39, 0.29) is 0 Å². The molecule has 2 nitrogen and oxygen atoms in total. The number of ketones is 1. The summed E-state index contributed by atoms with van der Waals surface area (Å²) in [6, 6.07) is 6.14. The quantitative estimate of drug-likeness (QED) is 0.825. The molecule has 1 heterocycles. The van der Waals surface area contributed by atoms with Gasteiger partial charge in [0, 0.05) is 12.0 Å².